The topological polar surface area (TPSA) is 66.5 Å². The number of carbonyl (C=O) groups is 1. The second kappa shape index (κ2) is 8.47. The maximum atomic E-state index is 11.4. The van der Waals surface area contributed by atoms with Gasteiger partial charge in [-0.15, -0.1) is 0 Å². The largest absolute Gasteiger partial charge is 0.356 e. The summed E-state index contributed by atoms with van der Waals surface area (Å²) in [5.74, 6) is -0.0804. The van der Waals surface area contributed by atoms with E-state index in [4.69, 9.17) is 0 Å². The molecule has 6 heteroatoms. The molecule has 102 valence electrons. The minimum Gasteiger partial charge on any atom is -0.356 e. The van der Waals surface area contributed by atoms with Gasteiger partial charge in [-0.2, -0.15) is 0 Å². The molecule has 5 nitrogen and oxygen atoms in total. The van der Waals surface area contributed by atoms with Gasteiger partial charge in [0.05, 0.1) is 6.26 Å². The van der Waals surface area contributed by atoms with Crippen LogP contribution in [0.2, 0.25) is 0 Å². The predicted molar refractivity (Wildman–Crippen MR) is 69.2 cm³/mol. The lowest BCUT2D eigenvalue weighted by Gasteiger charge is -2.18. The standard InChI is InChI=1S/C11H24N2O3S/c1-4-6-8-12-11(14)7-10-13(9-5-2)17(3,15)16/h4-10H2,1-3H3,(H,12,14). The van der Waals surface area contributed by atoms with E-state index in [-0.39, 0.29) is 18.9 Å². The summed E-state index contributed by atoms with van der Waals surface area (Å²) >= 11 is 0. The van der Waals surface area contributed by atoms with Crippen LogP contribution in [0.1, 0.15) is 39.5 Å². The fourth-order valence-corrected chi connectivity index (χ4v) is 2.35. The summed E-state index contributed by atoms with van der Waals surface area (Å²) in [7, 11) is -3.19. The van der Waals surface area contributed by atoms with Crippen molar-refractivity contribution in [1.29, 1.82) is 0 Å². The molecule has 0 aliphatic rings. The molecule has 0 rings (SSSR count). The Morgan fingerprint density at radius 1 is 1.18 bits per heavy atom. The van der Waals surface area contributed by atoms with Gasteiger partial charge >= 0.3 is 0 Å². The zero-order valence-corrected chi connectivity index (χ0v) is 11.8. The molecule has 0 atom stereocenters. The van der Waals surface area contributed by atoms with Crippen LogP contribution in [0.4, 0.5) is 0 Å². The van der Waals surface area contributed by atoms with Crippen molar-refractivity contribution in [2.45, 2.75) is 39.5 Å². The van der Waals surface area contributed by atoms with E-state index >= 15 is 0 Å². The van der Waals surface area contributed by atoms with Crippen molar-refractivity contribution in [2.75, 3.05) is 25.9 Å². The number of amides is 1. The Balaban J connectivity index is 4.01. The average molecular weight is 264 g/mol. The molecule has 0 saturated carbocycles. The van der Waals surface area contributed by atoms with Crippen molar-refractivity contribution in [2.24, 2.45) is 0 Å². The number of carbonyl (C=O) groups excluding carboxylic acids is 1. The SMILES string of the molecule is CCCCNC(=O)CCN(CCC)S(C)(=O)=O. The summed E-state index contributed by atoms with van der Waals surface area (Å²) in [6.07, 6.45) is 4.15. The summed E-state index contributed by atoms with van der Waals surface area (Å²) in [6, 6.07) is 0. The first-order valence-corrected chi connectivity index (χ1v) is 7.98. The van der Waals surface area contributed by atoms with Crippen molar-refractivity contribution >= 4 is 15.9 Å². The van der Waals surface area contributed by atoms with E-state index in [9.17, 15) is 13.2 Å². The maximum absolute atomic E-state index is 11.4. The lowest BCUT2D eigenvalue weighted by atomic mass is 10.3. The van der Waals surface area contributed by atoms with Gasteiger partial charge in [0.2, 0.25) is 15.9 Å². The van der Waals surface area contributed by atoms with Crippen LogP contribution in [0.15, 0.2) is 0 Å². The smallest absolute Gasteiger partial charge is 0.221 e. The van der Waals surface area contributed by atoms with Crippen LogP contribution in [0.25, 0.3) is 0 Å². The highest BCUT2D eigenvalue weighted by Gasteiger charge is 2.16. The molecule has 0 unspecified atom stereocenters. The molecule has 0 saturated heterocycles. The van der Waals surface area contributed by atoms with E-state index in [2.05, 4.69) is 12.2 Å². The van der Waals surface area contributed by atoms with E-state index in [0.717, 1.165) is 19.3 Å². The normalized spacial score (nSPS) is 11.8. The maximum Gasteiger partial charge on any atom is 0.221 e. The second-order valence-electron chi connectivity index (χ2n) is 4.12. The van der Waals surface area contributed by atoms with E-state index in [1.807, 2.05) is 6.92 Å². The Hall–Kier alpha value is -0.620. The van der Waals surface area contributed by atoms with Gasteiger partial charge in [-0.3, -0.25) is 4.79 Å². The van der Waals surface area contributed by atoms with Crippen LogP contribution in [0.3, 0.4) is 0 Å². The number of rotatable bonds is 9. The molecule has 0 aliphatic carbocycles. The molecule has 0 aromatic rings. The number of hydrogen-bond donors (Lipinski definition) is 1. The van der Waals surface area contributed by atoms with Crippen molar-refractivity contribution in [3.63, 3.8) is 0 Å². The molecule has 0 aliphatic heterocycles. The van der Waals surface area contributed by atoms with Crippen LogP contribution in [0, 0.1) is 0 Å². The summed E-state index contributed by atoms with van der Waals surface area (Å²) in [6.45, 7) is 5.38. The molecule has 0 aromatic heterocycles. The zero-order chi connectivity index (χ0) is 13.3. The van der Waals surface area contributed by atoms with Crippen LogP contribution in [0.5, 0.6) is 0 Å². The highest BCUT2D eigenvalue weighted by molar-refractivity contribution is 7.88. The van der Waals surface area contributed by atoms with Crippen molar-refractivity contribution in [1.82, 2.24) is 9.62 Å². The van der Waals surface area contributed by atoms with Crippen LogP contribution < -0.4 is 5.32 Å². The van der Waals surface area contributed by atoms with Gasteiger partial charge in [0.1, 0.15) is 0 Å². The van der Waals surface area contributed by atoms with Gasteiger partial charge < -0.3 is 5.32 Å². The fraction of sp³-hybridized carbons (Fsp3) is 0.909. The van der Waals surface area contributed by atoms with Crippen molar-refractivity contribution < 1.29 is 13.2 Å². The van der Waals surface area contributed by atoms with E-state index in [1.54, 1.807) is 0 Å². The van der Waals surface area contributed by atoms with E-state index in [0.29, 0.717) is 13.1 Å². The van der Waals surface area contributed by atoms with Crippen LogP contribution >= 0.6 is 0 Å². The van der Waals surface area contributed by atoms with Crippen molar-refractivity contribution in [3.8, 4) is 0 Å². The van der Waals surface area contributed by atoms with Gasteiger partial charge in [-0.05, 0) is 12.8 Å². The zero-order valence-electron chi connectivity index (χ0n) is 11.0. The van der Waals surface area contributed by atoms with E-state index < -0.39 is 10.0 Å². The Morgan fingerprint density at radius 2 is 1.82 bits per heavy atom. The molecule has 17 heavy (non-hydrogen) atoms. The highest BCUT2D eigenvalue weighted by Crippen LogP contribution is 2.01. The summed E-state index contributed by atoms with van der Waals surface area (Å²) in [5.41, 5.74) is 0. The van der Waals surface area contributed by atoms with Crippen molar-refractivity contribution in [3.05, 3.63) is 0 Å². The monoisotopic (exact) mass is 264 g/mol. The van der Waals surface area contributed by atoms with Crippen LogP contribution in [-0.4, -0.2) is 44.5 Å². The Kier molecular flexibility index (Phi) is 8.16. The molecule has 1 amide bonds. The van der Waals surface area contributed by atoms with Gasteiger partial charge in [-0.25, -0.2) is 12.7 Å². The first-order chi connectivity index (χ1) is 7.91. The second-order valence-corrected chi connectivity index (χ2v) is 6.10. The first-order valence-electron chi connectivity index (χ1n) is 6.13. The molecule has 0 heterocycles. The first kappa shape index (κ1) is 16.4. The number of nitrogens with zero attached hydrogens (tertiary/aromatic N) is 1. The minimum atomic E-state index is -3.19. The lowest BCUT2D eigenvalue weighted by molar-refractivity contribution is -0.121. The molecule has 0 bridgehead atoms. The number of hydrogen-bond acceptors (Lipinski definition) is 3. The van der Waals surface area contributed by atoms with Gasteiger partial charge in [-0.1, -0.05) is 20.3 Å². The van der Waals surface area contributed by atoms with Gasteiger partial charge in [0.15, 0.2) is 0 Å². The van der Waals surface area contributed by atoms with Gasteiger partial charge in [0, 0.05) is 26.1 Å². The molecular weight excluding hydrogens is 240 g/mol. The summed E-state index contributed by atoms with van der Waals surface area (Å²) in [5, 5.41) is 2.77. The number of unbranched alkanes of at least 4 members (excludes halogenated alkanes) is 1. The molecule has 0 aromatic carbocycles. The summed E-state index contributed by atoms with van der Waals surface area (Å²) in [4.78, 5) is 11.4. The molecule has 0 spiro atoms. The third kappa shape index (κ3) is 8.15. The Morgan fingerprint density at radius 3 is 2.29 bits per heavy atom. The molecule has 0 fully saturated rings. The molecule has 1 N–H and O–H groups in total. The third-order valence-electron chi connectivity index (χ3n) is 2.38. The molecule has 0 radical (unpaired) electrons. The van der Waals surface area contributed by atoms with E-state index in [1.165, 1.54) is 10.6 Å². The lowest BCUT2D eigenvalue weighted by Crippen LogP contribution is -2.35. The predicted octanol–water partition coefficient (Wildman–Crippen LogP) is 0.964. The molecular formula is C11H24N2O3S. The average Bonchev–Trinajstić information content (AvgIpc) is 2.23. The fourth-order valence-electron chi connectivity index (χ4n) is 1.41. The highest BCUT2D eigenvalue weighted by atomic mass is 32.2. The minimum absolute atomic E-state index is 0.0804. The van der Waals surface area contributed by atoms with Crippen LogP contribution in [-0.2, 0) is 14.8 Å². The Bertz CT molecular complexity index is 315. The summed E-state index contributed by atoms with van der Waals surface area (Å²) < 4.78 is 24.1. The quantitative estimate of drug-likeness (QED) is 0.631. The Labute approximate surface area is 105 Å². The number of nitrogens with one attached hydrogen (secondary N) is 1. The van der Waals surface area contributed by atoms with Gasteiger partial charge in [0.25, 0.3) is 0 Å². The third-order valence-corrected chi connectivity index (χ3v) is 3.69. The number of sulfonamides is 1.